The summed E-state index contributed by atoms with van der Waals surface area (Å²) in [6.45, 7) is 2.65. The number of hydrogen-bond acceptors (Lipinski definition) is 7. The molecular weight excluding hydrogens is 818 g/mol. The van der Waals surface area contributed by atoms with Gasteiger partial charge in [-0.1, -0.05) is 78.9 Å². The Morgan fingerprint density at radius 2 is 1.11 bits per heavy atom. The largest absolute Gasteiger partial charge is 0.492 e. The highest BCUT2D eigenvalue weighted by Gasteiger charge is 2.36. The van der Waals surface area contributed by atoms with Crippen molar-refractivity contribution in [2.75, 3.05) is 17.2 Å². The van der Waals surface area contributed by atoms with E-state index in [4.69, 9.17) is 9.47 Å². The van der Waals surface area contributed by atoms with Crippen LogP contribution in [0, 0.1) is 5.82 Å². The molecule has 9 nitrogen and oxygen atoms in total. The summed E-state index contributed by atoms with van der Waals surface area (Å²) in [5.74, 6) is -0.571. The number of aliphatic carboxylic acids is 1. The van der Waals surface area contributed by atoms with Crippen LogP contribution in [0.15, 0.2) is 194 Å². The van der Waals surface area contributed by atoms with Gasteiger partial charge in [-0.25, -0.2) is 9.18 Å². The van der Waals surface area contributed by atoms with Crippen molar-refractivity contribution in [2.24, 2.45) is 0 Å². The lowest BCUT2D eigenvalue weighted by Gasteiger charge is -2.29. The van der Waals surface area contributed by atoms with Crippen LogP contribution in [0.5, 0.6) is 17.2 Å². The van der Waals surface area contributed by atoms with Gasteiger partial charge in [0.05, 0.1) is 6.54 Å². The molecule has 1 heterocycles. The summed E-state index contributed by atoms with van der Waals surface area (Å²) < 4.78 is 28.2. The van der Waals surface area contributed by atoms with E-state index in [0.717, 1.165) is 5.69 Å². The lowest BCUT2D eigenvalue weighted by atomic mass is 9.90. The number of carboxylic acid groups (broad SMARTS) is 1. The first kappa shape index (κ1) is 41.8. The number of nitrogens with zero attached hydrogens (tertiary/aromatic N) is 1. The highest BCUT2D eigenvalue weighted by atomic mass is 19.1. The molecule has 0 aliphatic rings. The Kier molecular flexibility index (Phi) is 11.6. The average Bonchev–Trinajstić information content (AvgIpc) is 3.65. The van der Waals surface area contributed by atoms with Crippen LogP contribution in [0.2, 0.25) is 0 Å². The predicted molar refractivity (Wildman–Crippen MR) is 252 cm³/mol. The molecule has 0 fully saturated rings. The molecule has 0 bridgehead atoms. The Balaban J connectivity index is 0.844. The van der Waals surface area contributed by atoms with Crippen LogP contribution in [0.1, 0.15) is 44.3 Å². The zero-order chi connectivity index (χ0) is 44.9. The minimum absolute atomic E-state index is 0.177. The van der Waals surface area contributed by atoms with Gasteiger partial charge in [-0.2, -0.15) is 0 Å². The Bertz CT molecular complexity index is 3150. The van der Waals surface area contributed by atoms with Gasteiger partial charge in [0.15, 0.2) is 17.1 Å². The van der Waals surface area contributed by atoms with E-state index in [1.54, 1.807) is 78.9 Å². The Labute approximate surface area is 374 Å². The summed E-state index contributed by atoms with van der Waals surface area (Å²) in [4.78, 5) is 40.0. The molecule has 1 unspecified atom stereocenters. The van der Waals surface area contributed by atoms with Crippen LogP contribution in [-0.4, -0.2) is 33.8 Å². The lowest BCUT2D eigenvalue weighted by molar-refractivity contribution is -0.142. The Morgan fingerprint density at radius 1 is 0.585 bits per heavy atom. The third-order valence-corrected chi connectivity index (χ3v) is 11.4. The summed E-state index contributed by atoms with van der Waals surface area (Å²) in [5.41, 5.74) is 4.29. The summed E-state index contributed by atoms with van der Waals surface area (Å²) in [6, 6.07) is 57.0. The third kappa shape index (κ3) is 8.78. The van der Waals surface area contributed by atoms with Crippen molar-refractivity contribution < 1.29 is 33.4 Å². The monoisotopic (exact) mass is 859 g/mol. The number of nitrogens with one attached hydrogen (secondary N) is 2. The summed E-state index contributed by atoms with van der Waals surface area (Å²) in [5, 5.41) is 19.3. The van der Waals surface area contributed by atoms with Crippen LogP contribution in [0.3, 0.4) is 0 Å². The first-order chi connectivity index (χ1) is 31.6. The van der Waals surface area contributed by atoms with Crippen molar-refractivity contribution in [3.05, 3.63) is 228 Å². The van der Waals surface area contributed by atoms with Crippen LogP contribution in [0.4, 0.5) is 21.5 Å². The number of hydrogen-bond donors (Lipinski definition) is 3. The number of ether oxygens (including phenoxy) is 2. The SMILES string of the molecule is CC(Nc1ccccc1C(=O)c1ccc(F)cc1)(C(=O)O)c1ccc(Oc2ccc(C(=O)c3ccccc3Nc3cccc(OCCn4c5ccccc5c5ccccc54)c3)cc2)cc1. The lowest BCUT2D eigenvalue weighted by Crippen LogP contribution is -2.40. The van der Waals surface area contributed by atoms with Crippen LogP contribution >= 0.6 is 0 Å². The van der Waals surface area contributed by atoms with Crippen molar-refractivity contribution in [3.8, 4) is 17.2 Å². The van der Waals surface area contributed by atoms with E-state index in [9.17, 15) is 23.9 Å². The highest BCUT2D eigenvalue weighted by Crippen LogP contribution is 2.33. The summed E-state index contributed by atoms with van der Waals surface area (Å²) in [7, 11) is 0. The summed E-state index contributed by atoms with van der Waals surface area (Å²) in [6.07, 6.45) is 0. The molecule has 10 heteroatoms. The molecule has 3 N–H and O–H groups in total. The fourth-order valence-electron chi connectivity index (χ4n) is 8.00. The maximum atomic E-state index is 13.9. The van der Waals surface area contributed by atoms with Gasteiger partial charge < -0.3 is 29.8 Å². The fourth-order valence-corrected chi connectivity index (χ4v) is 8.00. The van der Waals surface area contributed by atoms with E-state index in [1.165, 1.54) is 53.0 Å². The van der Waals surface area contributed by atoms with Gasteiger partial charge in [-0.3, -0.25) is 9.59 Å². The number of ketones is 2. The van der Waals surface area contributed by atoms with Crippen molar-refractivity contribution in [2.45, 2.75) is 19.0 Å². The fraction of sp³-hybridized carbons (Fsp3) is 0.0727. The number of aromatic nitrogens is 1. The number of para-hydroxylation sites is 4. The number of benzene rings is 8. The van der Waals surface area contributed by atoms with Gasteiger partial charge in [-0.05, 0) is 122 Å². The zero-order valence-electron chi connectivity index (χ0n) is 35.2. The number of carbonyl (C=O) groups is 3. The second-order valence-corrected chi connectivity index (χ2v) is 15.6. The average molecular weight is 860 g/mol. The van der Waals surface area contributed by atoms with E-state index >= 15 is 0 Å². The molecule has 8 aromatic carbocycles. The van der Waals surface area contributed by atoms with E-state index in [0.29, 0.717) is 58.5 Å². The van der Waals surface area contributed by atoms with Crippen molar-refractivity contribution in [1.82, 2.24) is 4.57 Å². The molecule has 0 saturated heterocycles. The Morgan fingerprint density at radius 3 is 1.72 bits per heavy atom. The van der Waals surface area contributed by atoms with E-state index in [1.807, 2.05) is 42.5 Å². The number of anilines is 3. The Hall–Kier alpha value is -8.50. The van der Waals surface area contributed by atoms with Gasteiger partial charge in [-0.15, -0.1) is 0 Å². The first-order valence-electron chi connectivity index (χ1n) is 21.0. The molecule has 0 amide bonds. The normalized spacial score (nSPS) is 12.0. The number of carbonyl (C=O) groups excluding carboxylic acids is 2. The van der Waals surface area contributed by atoms with Crippen molar-refractivity contribution >= 4 is 56.4 Å². The number of rotatable bonds is 16. The van der Waals surface area contributed by atoms with Gasteiger partial charge in [0.1, 0.15) is 29.7 Å². The first-order valence-corrected chi connectivity index (χ1v) is 21.0. The quantitative estimate of drug-likeness (QED) is 0.0822. The standard InChI is InChI=1S/C55H42FN3O6/c1-55(54(62)63,58-49-18-7-3-16-47(49)53(61)36-21-27-39(56)28-22-36)38-25-31-42(32-26-38)65-41-29-23-37(24-30-41)52(60)46-15-2-6-17-48(46)57-40-11-10-12-43(35-40)64-34-33-59-50-19-8-4-13-44(50)45-14-5-9-20-51(45)59/h2-32,35,57-58H,33-34H2,1H3,(H,62,63). The number of carboxylic acids is 1. The van der Waals surface area contributed by atoms with Gasteiger partial charge in [0.2, 0.25) is 0 Å². The number of halogens is 1. The van der Waals surface area contributed by atoms with Gasteiger partial charge in [0.25, 0.3) is 0 Å². The molecule has 0 spiro atoms. The van der Waals surface area contributed by atoms with Crippen LogP contribution < -0.4 is 20.1 Å². The van der Waals surface area contributed by atoms with E-state index in [-0.39, 0.29) is 22.7 Å². The topological polar surface area (TPSA) is 119 Å². The molecule has 1 atom stereocenters. The van der Waals surface area contributed by atoms with Crippen molar-refractivity contribution in [1.29, 1.82) is 0 Å². The molecule has 65 heavy (non-hydrogen) atoms. The zero-order valence-corrected chi connectivity index (χ0v) is 35.2. The maximum absolute atomic E-state index is 13.9. The maximum Gasteiger partial charge on any atom is 0.333 e. The van der Waals surface area contributed by atoms with Gasteiger partial charge >= 0.3 is 5.97 Å². The van der Waals surface area contributed by atoms with Crippen LogP contribution in [-0.2, 0) is 16.9 Å². The third-order valence-electron chi connectivity index (χ3n) is 11.4. The minimum Gasteiger partial charge on any atom is -0.492 e. The number of fused-ring (bicyclic) bond motifs is 3. The van der Waals surface area contributed by atoms with Crippen LogP contribution in [0.25, 0.3) is 21.8 Å². The second-order valence-electron chi connectivity index (χ2n) is 15.6. The molecule has 0 aliphatic heterocycles. The molecule has 0 aliphatic carbocycles. The van der Waals surface area contributed by atoms with Crippen molar-refractivity contribution in [3.63, 3.8) is 0 Å². The predicted octanol–water partition coefficient (Wildman–Crippen LogP) is 12.4. The van der Waals surface area contributed by atoms with E-state index < -0.39 is 17.3 Å². The summed E-state index contributed by atoms with van der Waals surface area (Å²) >= 11 is 0. The van der Waals surface area contributed by atoms with Gasteiger partial charge in [0, 0.05) is 67.2 Å². The molecule has 0 radical (unpaired) electrons. The minimum atomic E-state index is -1.64. The molecule has 9 aromatic rings. The smallest absolute Gasteiger partial charge is 0.333 e. The second kappa shape index (κ2) is 18.1. The highest BCUT2D eigenvalue weighted by molar-refractivity contribution is 6.13. The van der Waals surface area contributed by atoms with E-state index in [2.05, 4.69) is 63.7 Å². The molecular formula is C55H42FN3O6. The molecule has 0 saturated carbocycles. The molecule has 1 aromatic heterocycles. The molecule has 9 rings (SSSR count). The molecule has 320 valence electrons.